The average Bonchev–Trinajstić information content (AvgIpc) is 3.42. The van der Waals surface area contributed by atoms with Crippen LogP contribution in [0.3, 0.4) is 0 Å². The van der Waals surface area contributed by atoms with Gasteiger partial charge >= 0.3 is 0 Å². The quantitative estimate of drug-likeness (QED) is 0.381. The smallest absolute Gasteiger partial charge is 0.180 e. The summed E-state index contributed by atoms with van der Waals surface area (Å²) in [7, 11) is 4.30. The Balaban J connectivity index is 1.55. The standard InChI is InChI=1S/C28H26N8/c1-34(2)22-9-14-35(15-10-22)28-27-32-13-16-36(27)26(21-7-8-23-24(17-21)31-12-11-30-23)25(33-28)20-5-3-19(18-29)4-6-20/h3-8,11-13,16-17,22H,9-10,14-15H2,1-2H3. The third-order valence-electron chi connectivity index (χ3n) is 7.05. The van der Waals surface area contributed by atoms with Gasteiger partial charge in [-0.2, -0.15) is 5.26 Å². The fourth-order valence-electron chi connectivity index (χ4n) is 5.07. The summed E-state index contributed by atoms with van der Waals surface area (Å²) in [4.78, 5) is 23.6. The molecule has 1 fully saturated rings. The first-order valence-corrected chi connectivity index (χ1v) is 12.1. The van der Waals surface area contributed by atoms with Crippen LogP contribution in [0.15, 0.2) is 67.3 Å². The van der Waals surface area contributed by atoms with Gasteiger partial charge in [-0.3, -0.25) is 14.4 Å². The molecule has 0 atom stereocenters. The second-order valence-electron chi connectivity index (χ2n) is 9.38. The van der Waals surface area contributed by atoms with Crippen LogP contribution in [0.2, 0.25) is 0 Å². The van der Waals surface area contributed by atoms with Gasteiger partial charge in [0.1, 0.15) is 0 Å². The van der Waals surface area contributed by atoms with E-state index in [1.165, 1.54) is 0 Å². The summed E-state index contributed by atoms with van der Waals surface area (Å²) < 4.78 is 2.13. The molecule has 1 saturated heterocycles. The molecule has 0 radical (unpaired) electrons. The van der Waals surface area contributed by atoms with Crippen molar-refractivity contribution in [1.82, 2.24) is 29.2 Å². The number of nitrogens with zero attached hydrogens (tertiary/aromatic N) is 8. The molecule has 1 aliphatic rings. The maximum atomic E-state index is 9.32. The van der Waals surface area contributed by atoms with Crippen molar-refractivity contribution in [3.8, 4) is 28.6 Å². The average molecular weight is 475 g/mol. The maximum absolute atomic E-state index is 9.32. The van der Waals surface area contributed by atoms with Gasteiger partial charge in [0.25, 0.3) is 0 Å². The van der Waals surface area contributed by atoms with Crippen molar-refractivity contribution < 1.29 is 0 Å². The van der Waals surface area contributed by atoms with Gasteiger partial charge in [0, 0.05) is 55.0 Å². The van der Waals surface area contributed by atoms with Crippen LogP contribution in [0.25, 0.3) is 39.2 Å². The van der Waals surface area contributed by atoms with E-state index in [0.29, 0.717) is 11.6 Å². The molecule has 4 heterocycles. The summed E-state index contributed by atoms with van der Waals surface area (Å²) in [5.74, 6) is 0.890. The first kappa shape index (κ1) is 22.1. The predicted octanol–water partition coefficient (Wildman–Crippen LogP) is 4.41. The molecular weight excluding hydrogens is 448 g/mol. The molecule has 0 amide bonds. The molecule has 0 bridgehead atoms. The third-order valence-corrected chi connectivity index (χ3v) is 7.05. The number of nitriles is 1. The fraction of sp³-hybridized carbons (Fsp3) is 0.250. The third kappa shape index (κ3) is 3.84. The second kappa shape index (κ2) is 9.02. The molecule has 178 valence electrons. The van der Waals surface area contributed by atoms with Crippen molar-refractivity contribution in [3.05, 3.63) is 72.8 Å². The second-order valence-corrected chi connectivity index (χ2v) is 9.38. The van der Waals surface area contributed by atoms with E-state index < -0.39 is 0 Å². The van der Waals surface area contributed by atoms with E-state index in [0.717, 1.165) is 70.9 Å². The van der Waals surface area contributed by atoms with Crippen LogP contribution in [0.5, 0.6) is 0 Å². The molecule has 1 aliphatic heterocycles. The number of benzene rings is 2. The number of anilines is 1. The summed E-state index contributed by atoms with van der Waals surface area (Å²) in [6, 6.07) is 16.5. The molecular formula is C28H26N8. The minimum atomic E-state index is 0.577. The summed E-state index contributed by atoms with van der Waals surface area (Å²) >= 11 is 0. The minimum absolute atomic E-state index is 0.577. The van der Waals surface area contributed by atoms with Gasteiger partial charge in [0.05, 0.1) is 34.1 Å². The van der Waals surface area contributed by atoms with Crippen LogP contribution in [-0.2, 0) is 0 Å². The maximum Gasteiger partial charge on any atom is 0.180 e. The van der Waals surface area contributed by atoms with E-state index >= 15 is 0 Å². The lowest BCUT2D eigenvalue weighted by Crippen LogP contribution is -2.42. The Bertz CT molecular complexity index is 1590. The summed E-state index contributed by atoms with van der Waals surface area (Å²) in [6.07, 6.45) is 9.40. The van der Waals surface area contributed by atoms with Crippen LogP contribution in [0, 0.1) is 11.3 Å². The monoisotopic (exact) mass is 474 g/mol. The first-order chi connectivity index (χ1) is 17.6. The lowest BCUT2D eigenvalue weighted by molar-refractivity contribution is 0.249. The van der Waals surface area contributed by atoms with Crippen molar-refractivity contribution in [2.75, 3.05) is 32.1 Å². The van der Waals surface area contributed by atoms with Crippen molar-refractivity contribution in [3.63, 3.8) is 0 Å². The molecule has 36 heavy (non-hydrogen) atoms. The Kier molecular flexibility index (Phi) is 5.55. The number of hydrogen-bond donors (Lipinski definition) is 0. The highest BCUT2D eigenvalue weighted by molar-refractivity contribution is 5.88. The highest BCUT2D eigenvalue weighted by Crippen LogP contribution is 2.36. The molecule has 0 N–H and O–H groups in total. The van der Waals surface area contributed by atoms with Gasteiger partial charge in [-0.05, 0) is 51.2 Å². The van der Waals surface area contributed by atoms with Gasteiger partial charge in [0.2, 0.25) is 0 Å². The molecule has 5 aromatic rings. The molecule has 8 heteroatoms. The number of rotatable bonds is 4. The molecule has 0 saturated carbocycles. The molecule has 8 nitrogen and oxygen atoms in total. The molecule has 0 unspecified atom stereocenters. The Morgan fingerprint density at radius 1 is 0.889 bits per heavy atom. The van der Waals surface area contributed by atoms with Crippen molar-refractivity contribution in [2.24, 2.45) is 0 Å². The van der Waals surface area contributed by atoms with Crippen LogP contribution < -0.4 is 4.90 Å². The Morgan fingerprint density at radius 2 is 1.61 bits per heavy atom. The SMILES string of the molecule is CN(C)C1CCN(c2nc(-c3ccc(C#N)cc3)c(-c3ccc4nccnc4c3)n3ccnc23)CC1. The van der Waals surface area contributed by atoms with Gasteiger partial charge in [0.15, 0.2) is 11.5 Å². The van der Waals surface area contributed by atoms with E-state index in [1.807, 2.05) is 48.8 Å². The topological polar surface area (TPSA) is 86.2 Å². The fourth-order valence-corrected chi connectivity index (χ4v) is 5.07. The van der Waals surface area contributed by atoms with Crippen LogP contribution >= 0.6 is 0 Å². The molecule has 3 aromatic heterocycles. The normalized spacial score (nSPS) is 14.6. The number of aromatic nitrogens is 5. The zero-order valence-electron chi connectivity index (χ0n) is 20.3. The van der Waals surface area contributed by atoms with Gasteiger partial charge in [-0.25, -0.2) is 9.97 Å². The summed E-state index contributed by atoms with van der Waals surface area (Å²) in [5, 5.41) is 9.32. The largest absolute Gasteiger partial charge is 0.353 e. The summed E-state index contributed by atoms with van der Waals surface area (Å²) in [6.45, 7) is 1.85. The van der Waals surface area contributed by atoms with E-state index in [1.54, 1.807) is 12.4 Å². The Labute approximate surface area is 209 Å². The van der Waals surface area contributed by atoms with E-state index in [2.05, 4.69) is 50.4 Å². The van der Waals surface area contributed by atoms with Crippen molar-refractivity contribution >= 4 is 22.5 Å². The van der Waals surface area contributed by atoms with Crippen molar-refractivity contribution in [2.45, 2.75) is 18.9 Å². The number of fused-ring (bicyclic) bond motifs is 2. The number of imidazole rings is 1. The van der Waals surface area contributed by atoms with E-state index in [4.69, 9.17) is 9.97 Å². The minimum Gasteiger partial charge on any atom is -0.353 e. The van der Waals surface area contributed by atoms with Crippen molar-refractivity contribution in [1.29, 1.82) is 5.26 Å². The Hall–Kier alpha value is -4.35. The highest BCUT2D eigenvalue weighted by Gasteiger charge is 2.26. The lowest BCUT2D eigenvalue weighted by Gasteiger charge is -2.36. The Morgan fingerprint density at radius 3 is 2.33 bits per heavy atom. The van der Waals surface area contributed by atoms with Gasteiger partial charge in [-0.15, -0.1) is 0 Å². The molecule has 0 spiro atoms. The zero-order chi connectivity index (χ0) is 24.6. The van der Waals surface area contributed by atoms with E-state index in [9.17, 15) is 5.26 Å². The van der Waals surface area contributed by atoms with Gasteiger partial charge < -0.3 is 9.80 Å². The number of hydrogen-bond acceptors (Lipinski definition) is 7. The van der Waals surface area contributed by atoms with E-state index in [-0.39, 0.29) is 0 Å². The summed E-state index contributed by atoms with van der Waals surface area (Å²) in [5.41, 5.74) is 6.84. The molecule has 0 aliphatic carbocycles. The lowest BCUT2D eigenvalue weighted by atomic mass is 10.0. The molecule has 6 rings (SSSR count). The number of piperidine rings is 1. The van der Waals surface area contributed by atoms with Gasteiger partial charge in [-0.1, -0.05) is 18.2 Å². The van der Waals surface area contributed by atoms with Crippen LogP contribution in [0.1, 0.15) is 18.4 Å². The predicted molar refractivity (Wildman–Crippen MR) is 141 cm³/mol. The van der Waals surface area contributed by atoms with Crippen LogP contribution in [-0.4, -0.2) is 62.5 Å². The molecule has 2 aromatic carbocycles. The highest BCUT2D eigenvalue weighted by atomic mass is 15.2. The first-order valence-electron chi connectivity index (χ1n) is 12.1. The zero-order valence-corrected chi connectivity index (χ0v) is 20.3. The van der Waals surface area contributed by atoms with Crippen LogP contribution in [0.4, 0.5) is 5.82 Å².